The molecule has 0 aliphatic carbocycles. The second-order valence-electron chi connectivity index (χ2n) is 6.12. The number of rotatable bonds is 9. The van der Waals surface area contributed by atoms with E-state index in [-0.39, 0.29) is 13.0 Å². The fourth-order valence-electron chi connectivity index (χ4n) is 2.59. The number of aliphatic hydroxyl groups is 3. The van der Waals surface area contributed by atoms with E-state index in [0.717, 1.165) is 32.1 Å². The number of aliphatic hydroxyl groups excluding tert-OH is 3. The highest BCUT2D eigenvalue weighted by Crippen LogP contribution is 2.20. The van der Waals surface area contributed by atoms with Crippen molar-refractivity contribution < 1.29 is 34.4 Å². The van der Waals surface area contributed by atoms with E-state index in [2.05, 4.69) is 12.2 Å². The quantitative estimate of drug-likeness (QED) is 0.337. The molecule has 1 aliphatic rings. The number of nitrogens with one attached hydrogen (secondary N) is 1. The predicted molar refractivity (Wildman–Crippen MR) is 84.8 cm³/mol. The minimum atomic E-state index is -1.50. The van der Waals surface area contributed by atoms with Crippen molar-refractivity contribution in [3.63, 3.8) is 0 Å². The van der Waals surface area contributed by atoms with E-state index in [1.807, 2.05) is 0 Å². The molecule has 1 heterocycles. The fourth-order valence-corrected chi connectivity index (χ4v) is 2.59. The maximum atomic E-state index is 11.7. The van der Waals surface area contributed by atoms with E-state index in [9.17, 15) is 24.9 Å². The second-order valence-corrected chi connectivity index (χ2v) is 6.12. The van der Waals surface area contributed by atoms with Gasteiger partial charge >= 0.3 is 5.97 Å². The molecule has 0 aromatic carbocycles. The highest BCUT2D eigenvalue weighted by Gasteiger charge is 2.44. The van der Waals surface area contributed by atoms with Gasteiger partial charge in [-0.3, -0.25) is 9.59 Å². The zero-order valence-corrected chi connectivity index (χ0v) is 14.3. The molecule has 0 aromatic rings. The Hall–Kier alpha value is -1.22. The number of hydrogen-bond acceptors (Lipinski definition) is 7. The molecule has 1 rings (SSSR count). The molecular formula is C16H29NO7. The van der Waals surface area contributed by atoms with Crippen LogP contribution in [0.1, 0.15) is 52.4 Å². The lowest BCUT2D eigenvalue weighted by Crippen LogP contribution is -2.64. The maximum Gasteiger partial charge on any atom is 0.305 e. The second kappa shape index (κ2) is 10.6. The zero-order valence-electron chi connectivity index (χ0n) is 14.3. The summed E-state index contributed by atoms with van der Waals surface area (Å²) in [5, 5.41) is 32.1. The molecule has 140 valence electrons. The van der Waals surface area contributed by atoms with Crippen LogP contribution < -0.4 is 5.32 Å². The molecule has 0 aromatic heterocycles. The third kappa shape index (κ3) is 6.72. The molecule has 1 unspecified atom stereocenters. The number of ether oxygens (including phenoxy) is 2. The standard InChI is InChI=1S/C16H29NO7/c1-3-4-5-6-7-8-12(19)23-9-11-14(20)15(21)13(16(22)24-11)17-10(2)18/h11,13-16,20-22H,3-9H2,1-2H3,(H,17,18)/t11-,13-,14-,15-,16?/m1/s1. The Kier molecular flexibility index (Phi) is 9.20. The minimum absolute atomic E-state index is 0.268. The van der Waals surface area contributed by atoms with Crippen LogP contribution in [0, 0.1) is 0 Å². The third-order valence-corrected chi connectivity index (χ3v) is 3.98. The number of amides is 1. The number of esters is 1. The summed E-state index contributed by atoms with van der Waals surface area (Å²) >= 11 is 0. The number of carbonyl (C=O) groups excluding carboxylic acids is 2. The van der Waals surface area contributed by atoms with Gasteiger partial charge in [0.1, 0.15) is 31.0 Å². The van der Waals surface area contributed by atoms with Crippen LogP contribution in [0.25, 0.3) is 0 Å². The van der Waals surface area contributed by atoms with Gasteiger partial charge in [-0.05, 0) is 6.42 Å². The van der Waals surface area contributed by atoms with Gasteiger partial charge in [0.15, 0.2) is 6.29 Å². The van der Waals surface area contributed by atoms with E-state index in [1.165, 1.54) is 6.92 Å². The first-order valence-corrected chi connectivity index (χ1v) is 8.49. The number of hydrogen-bond donors (Lipinski definition) is 4. The van der Waals surface area contributed by atoms with Crippen LogP contribution in [-0.2, 0) is 19.1 Å². The molecule has 1 amide bonds. The monoisotopic (exact) mass is 347 g/mol. The molecule has 4 N–H and O–H groups in total. The molecule has 24 heavy (non-hydrogen) atoms. The van der Waals surface area contributed by atoms with Gasteiger partial charge in [-0.15, -0.1) is 0 Å². The zero-order chi connectivity index (χ0) is 18.1. The fraction of sp³-hybridized carbons (Fsp3) is 0.875. The van der Waals surface area contributed by atoms with E-state index < -0.39 is 42.5 Å². The Bertz CT molecular complexity index is 404. The molecule has 0 spiro atoms. The van der Waals surface area contributed by atoms with Crippen LogP contribution in [0.15, 0.2) is 0 Å². The van der Waals surface area contributed by atoms with E-state index in [4.69, 9.17) is 9.47 Å². The average molecular weight is 347 g/mol. The predicted octanol–water partition coefficient (Wildman–Crippen LogP) is -0.166. The minimum Gasteiger partial charge on any atom is -0.463 e. The van der Waals surface area contributed by atoms with Crippen molar-refractivity contribution in [3.8, 4) is 0 Å². The van der Waals surface area contributed by atoms with Crippen molar-refractivity contribution in [2.75, 3.05) is 6.61 Å². The van der Waals surface area contributed by atoms with Gasteiger partial charge in [0.25, 0.3) is 0 Å². The summed E-state index contributed by atoms with van der Waals surface area (Å²) in [6.45, 7) is 3.07. The molecule has 1 fully saturated rings. The largest absolute Gasteiger partial charge is 0.463 e. The van der Waals surface area contributed by atoms with Gasteiger partial charge in [0, 0.05) is 13.3 Å². The molecular weight excluding hydrogens is 318 g/mol. The first kappa shape index (κ1) is 20.8. The van der Waals surface area contributed by atoms with E-state index >= 15 is 0 Å². The van der Waals surface area contributed by atoms with Gasteiger partial charge in [0.2, 0.25) is 5.91 Å². The lowest BCUT2D eigenvalue weighted by Gasteiger charge is -2.40. The van der Waals surface area contributed by atoms with Crippen molar-refractivity contribution >= 4 is 11.9 Å². The van der Waals surface area contributed by atoms with Crippen LogP contribution in [0.4, 0.5) is 0 Å². The Labute approximate surface area is 142 Å². The van der Waals surface area contributed by atoms with Gasteiger partial charge in [-0.1, -0.05) is 32.6 Å². The molecule has 8 nitrogen and oxygen atoms in total. The molecule has 8 heteroatoms. The van der Waals surface area contributed by atoms with E-state index in [1.54, 1.807) is 0 Å². The highest BCUT2D eigenvalue weighted by molar-refractivity contribution is 5.73. The molecule has 0 bridgehead atoms. The Morgan fingerprint density at radius 1 is 1.08 bits per heavy atom. The molecule has 1 saturated heterocycles. The highest BCUT2D eigenvalue weighted by atomic mass is 16.6. The van der Waals surface area contributed by atoms with Gasteiger partial charge in [0.05, 0.1) is 0 Å². The SMILES string of the molecule is CCCCCCCC(=O)OC[C@H]1OC(O)[C@H](NC(C)=O)[C@@H](O)[C@@H]1O. The van der Waals surface area contributed by atoms with Crippen molar-refractivity contribution in [3.05, 3.63) is 0 Å². The average Bonchev–Trinajstić information content (AvgIpc) is 2.53. The number of unbranched alkanes of at least 4 members (excludes halogenated alkanes) is 4. The lowest BCUT2D eigenvalue weighted by molar-refractivity contribution is -0.255. The Morgan fingerprint density at radius 3 is 2.38 bits per heavy atom. The molecule has 0 radical (unpaired) electrons. The summed E-state index contributed by atoms with van der Waals surface area (Å²) in [4.78, 5) is 22.7. The van der Waals surface area contributed by atoms with E-state index in [0.29, 0.717) is 0 Å². The summed E-state index contributed by atoms with van der Waals surface area (Å²) < 4.78 is 10.2. The van der Waals surface area contributed by atoms with Crippen LogP contribution >= 0.6 is 0 Å². The lowest BCUT2D eigenvalue weighted by atomic mass is 9.97. The number of carbonyl (C=O) groups is 2. The van der Waals surface area contributed by atoms with Crippen molar-refractivity contribution in [2.45, 2.75) is 83.0 Å². The molecule has 1 aliphatic heterocycles. The van der Waals surface area contributed by atoms with Crippen molar-refractivity contribution in [1.82, 2.24) is 5.32 Å². The summed E-state index contributed by atoms with van der Waals surface area (Å²) in [5.41, 5.74) is 0. The summed E-state index contributed by atoms with van der Waals surface area (Å²) in [7, 11) is 0. The summed E-state index contributed by atoms with van der Waals surface area (Å²) in [6, 6.07) is -1.14. The van der Waals surface area contributed by atoms with Crippen LogP contribution in [0.5, 0.6) is 0 Å². The van der Waals surface area contributed by atoms with Crippen molar-refractivity contribution in [1.29, 1.82) is 0 Å². The van der Waals surface area contributed by atoms with Gasteiger partial charge in [-0.2, -0.15) is 0 Å². The Morgan fingerprint density at radius 2 is 1.75 bits per heavy atom. The van der Waals surface area contributed by atoms with Crippen LogP contribution in [0.2, 0.25) is 0 Å². The Balaban J connectivity index is 2.35. The normalized spacial score (nSPS) is 30.0. The first-order chi connectivity index (χ1) is 11.4. The molecule has 5 atom stereocenters. The van der Waals surface area contributed by atoms with Gasteiger partial charge < -0.3 is 30.1 Å². The van der Waals surface area contributed by atoms with Crippen molar-refractivity contribution in [2.24, 2.45) is 0 Å². The van der Waals surface area contributed by atoms with Crippen LogP contribution in [-0.4, -0.2) is 64.4 Å². The summed E-state index contributed by atoms with van der Waals surface area (Å²) in [5.74, 6) is -0.878. The smallest absolute Gasteiger partial charge is 0.305 e. The first-order valence-electron chi connectivity index (χ1n) is 8.49. The topological polar surface area (TPSA) is 125 Å². The van der Waals surface area contributed by atoms with Crippen LogP contribution in [0.3, 0.4) is 0 Å². The summed E-state index contributed by atoms with van der Waals surface area (Å²) in [6.07, 6.45) is -0.0199. The maximum absolute atomic E-state index is 11.7. The molecule has 0 saturated carbocycles. The van der Waals surface area contributed by atoms with Gasteiger partial charge in [-0.25, -0.2) is 0 Å². The third-order valence-electron chi connectivity index (χ3n) is 3.98.